The number of carbonyl (C=O) groups is 2. The summed E-state index contributed by atoms with van der Waals surface area (Å²) in [5.74, 6) is -1.34. The van der Waals surface area contributed by atoms with Crippen LogP contribution in [0.1, 0.15) is 27.6 Å². The monoisotopic (exact) mass is 348 g/mol. The third-order valence-corrected chi connectivity index (χ3v) is 3.22. The molecule has 1 amide bonds. The van der Waals surface area contributed by atoms with Gasteiger partial charge in [-0.3, -0.25) is 14.9 Å². The van der Waals surface area contributed by atoms with E-state index in [2.05, 4.69) is 5.32 Å². The van der Waals surface area contributed by atoms with Gasteiger partial charge in [0.2, 0.25) is 0 Å². The molecule has 2 aromatic rings. The van der Waals surface area contributed by atoms with Crippen molar-refractivity contribution in [2.24, 2.45) is 0 Å². The molecule has 2 rings (SSSR count). The van der Waals surface area contributed by atoms with E-state index in [0.717, 1.165) is 12.1 Å². The minimum absolute atomic E-state index is 0.0350. The number of esters is 1. The van der Waals surface area contributed by atoms with E-state index in [1.54, 1.807) is 25.1 Å². The molecule has 0 atom stereocenters. The first-order chi connectivity index (χ1) is 11.4. The Hall–Kier alpha value is -2.93. The lowest BCUT2D eigenvalue weighted by Crippen LogP contribution is -2.14. The summed E-state index contributed by atoms with van der Waals surface area (Å²) in [4.78, 5) is 34.4. The summed E-state index contributed by atoms with van der Waals surface area (Å²) >= 11 is 5.84. The van der Waals surface area contributed by atoms with Gasteiger partial charge in [0.15, 0.2) is 0 Å². The van der Waals surface area contributed by atoms with Crippen LogP contribution in [0, 0.1) is 10.1 Å². The highest BCUT2D eigenvalue weighted by molar-refractivity contribution is 6.31. The summed E-state index contributed by atoms with van der Waals surface area (Å²) < 4.78 is 4.82. The average molecular weight is 349 g/mol. The number of amides is 1. The molecule has 0 spiro atoms. The Morgan fingerprint density at radius 1 is 1.21 bits per heavy atom. The molecule has 0 fully saturated rings. The molecule has 0 radical (unpaired) electrons. The summed E-state index contributed by atoms with van der Waals surface area (Å²) in [5, 5.41) is 14.0. The van der Waals surface area contributed by atoms with Gasteiger partial charge in [0, 0.05) is 28.4 Å². The molecule has 124 valence electrons. The van der Waals surface area contributed by atoms with Crippen LogP contribution in [0.25, 0.3) is 0 Å². The van der Waals surface area contributed by atoms with Crippen LogP contribution in [0.15, 0.2) is 42.5 Å². The topological polar surface area (TPSA) is 98.5 Å². The number of ether oxygens (including phenoxy) is 1. The summed E-state index contributed by atoms with van der Waals surface area (Å²) in [7, 11) is 0. The van der Waals surface area contributed by atoms with Gasteiger partial charge in [-0.1, -0.05) is 17.7 Å². The number of nitrogens with one attached hydrogen (secondary N) is 1. The minimum Gasteiger partial charge on any atom is -0.462 e. The zero-order chi connectivity index (χ0) is 17.7. The first kappa shape index (κ1) is 17.4. The van der Waals surface area contributed by atoms with Gasteiger partial charge >= 0.3 is 5.97 Å². The van der Waals surface area contributed by atoms with Gasteiger partial charge in [-0.15, -0.1) is 0 Å². The summed E-state index contributed by atoms with van der Waals surface area (Å²) in [6, 6.07) is 9.83. The molecule has 0 unspecified atom stereocenters. The Labute approximate surface area is 142 Å². The van der Waals surface area contributed by atoms with Gasteiger partial charge in [-0.25, -0.2) is 4.79 Å². The average Bonchev–Trinajstić information content (AvgIpc) is 2.54. The second-order valence-electron chi connectivity index (χ2n) is 4.71. The zero-order valence-corrected chi connectivity index (χ0v) is 13.4. The Balaban J connectivity index is 2.35. The molecule has 1 N–H and O–H groups in total. The van der Waals surface area contributed by atoms with Crippen molar-refractivity contribution >= 4 is 34.9 Å². The molecule has 0 bridgehead atoms. The molecular weight excluding hydrogens is 336 g/mol. The van der Waals surface area contributed by atoms with Gasteiger partial charge in [-0.05, 0) is 31.2 Å². The van der Waals surface area contributed by atoms with E-state index in [9.17, 15) is 19.7 Å². The highest BCUT2D eigenvalue weighted by atomic mass is 35.5. The van der Waals surface area contributed by atoms with Crippen molar-refractivity contribution in [3.8, 4) is 0 Å². The molecule has 0 aliphatic carbocycles. The van der Waals surface area contributed by atoms with Gasteiger partial charge in [0.25, 0.3) is 11.6 Å². The van der Waals surface area contributed by atoms with Crippen LogP contribution >= 0.6 is 11.6 Å². The fourth-order valence-corrected chi connectivity index (χ4v) is 2.14. The lowest BCUT2D eigenvalue weighted by atomic mass is 10.1. The molecule has 8 heteroatoms. The van der Waals surface area contributed by atoms with Crippen molar-refractivity contribution in [1.82, 2.24) is 0 Å². The van der Waals surface area contributed by atoms with E-state index in [1.165, 1.54) is 12.1 Å². The van der Waals surface area contributed by atoms with Crippen LogP contribution in [0.4, 0.5) is 11.4 Å². The molecule has 0 aromatic heterocycles. The van der Waals surface area contributed by atoms with E-state index in [4.69, 9.17) is 16.3 Å². The quantitative estimate of drug-likeness (QED) is 0.505. The van der Waals surface area contributed by atoms with Crippen LogP contribution in [-0.4, -0.2) is 23.4 Å². The number of nitrogens with zero attached hydrogens (tertiary/aromatic N) is 1. The molecule has 2 aromatic carbocycles. The number of hydrogen-bond donors (Lipinski definition) is 1. The molecule has 7 nitrogen and oxygen atoms in total. The maximum atomic E-state index is 12.3. The first-order valence-corrected chi connectivity index (χ1v) is 7.32. The molecule has 0 heterocycles. The number of non-ortho nitro benzene ring substituents is 1. The minimum atomic E-state index is -0.738. The van der Waals surface area contributed by atoms with Gasteiger partial charge < -0.3 is 10.1 Å². The fraction of sp³-hybridized carbons (Fsp3) is 0.125. The first-order valence-electron chi connectivity index (χ1n) is 6.94. The van der Waals surface area contributed by atoms with Crippen LogP contribution in [-0.2, 0) is 4.74 Å². The number of nitro groups is 1. The highest BCUT2D eigenvalue weighted by Gasteiger charge is 2.18. The summed E-state index contributed by atoms with van der Waals surface area (Å²) in [5.41, 5.74) is -0.0528. The maximum absolute atomic E-state index is 12.3. The van der Waals surface area contributed by atoms with Crippen LogP contribution in [0.5, 0.6) is 0 Å². The van der Waals surface area contributed by atoms with Crippen molar-refractivity contribution in [2.45, 2.75) is 6.92 Å². The van der Waals surface area contributed by atoms with Gasteiger partial charge in [0.05, 0.1) is 17.1 Å². The van der Waals surface area contributed by atoms with Gasteiger partial charge in [0.1, 0.15) is 0 Å². The summed E-state index contributed by atoms with van der Waals surface area (Å²) in [6.45, 7) is 1.73. The standard InChI is InChI=1S/C16H13ClN2O5/c1-2-24-16(21)11-6-10(7-14(8-11)19(22)23)15(20)18-13-5-3-4-12(17)9-13/h3-9H,2H2,1H3,(H,18,20). The maximum Gasteiger partial charge on any atom is 0.338 e. The van der Waals surface area contributed by atoms with Crippen molar-refractivity contribution in [1.29, 1.82) is 0 Å². The number of nitro benzene ring substituents is 1. The predicted octanol–water partition coefficient (Wildman–Crippen LogP) is 3.68. The third-order valence-electron chi connectivity index (χ3n) is 2.98. The molecule has 0 saturated heterocycles. The Bertz CT molecular complexity index is 807. The van der Waals surface area contributed by atoms with Crippen molar-refractivity contribution in [2.75, 3.05) is 11.9 Å². The van der Waals surface area contributed by atoms with Crippen molar-refractivity contribution in [3.63, 3.8) is 0 Å². The molecule has 0 aliphatic heterocycles. The van der Waals surface area contributed by atoms with E-state index in [0.29, 0.717) is 10.7 Å². The van der Waals surface area contributed by atoms with Crippen LogP contribution in [0.3, 0.4) is 0 Å². The predicted molar refractivity (Wildman–Crippen MR) is 88.5 cm³/mol. The second kappa shape index (κ2) is 7.56. The number of rotatable bonds is 5. The number of benzene rings is 2. The zero-order valence-electron chi connectivity index (χ0n) is 12.6. The van der Waals surface area contributed by atoms with Crippen LogP contribution in [0.2, 0.25) is 5.02 Å². The normalized spacial score (nSPS) is 10.1. The van der Waals surface area contributed by atoms with Crippen molar-refractivity contribution in [3.05, 3.63) is 68.7 Å². The molecule has 24 heavy (non-hydrogen) atoms. The highest BCUT2D eigenvalue weighted by Crippen LogP contribution is 2.20. The number of carbonyl (C=O) groups excluding carboxylic acids is 2. The number of anilines is 1. The Kier molecular flexibility index (Phi) is 5.49. The largest absolute Gasteiger partial charge is 0.462 e. The summed E-state index contributed by atoms with van der Waals surface area (Å²) in [6.07, 6.45) is 0. The van der Waals surface area contributed by atoms with Gasteiger partial charge in [-0.2, -0.15) is 0 Å². The fourth-order valence-electron chi connectivity index (χ4n) is 1.95. The lowest BCUT2D eigenvalue weighted by molar-refractivity contribution is -0.384. The van der Waals surface area contributed by atoms with E-state index >= 15 is 0 Å². The number of hydrogen-bond acceptors (Lipinski definition) is 5. The Morgan fingerprint density at radius 3 is 2.54 bits per heavy atom. The van der Waals surface area contributed by atoms with E-state index in [-0.39, 0.29) is 23.4 Å². The third kappa shape index (κ3) is 4.30. The lowest BCUT2D eigenvalue weighted by Gasteiger charge is -2.08. The van der Waals surface area contributed by atoms with Crippen LogP contribution < -0.4 is 5.32 Å². The van der Waals surface area contributed by atoms with Crippen molar-refractivity contribution < 1.29 is 19.2 Å². The SMILES string of the molecule is CCOC(=O)c1cc(C(=O)Nc2cccc(Cl)c2)cc([N+](=O)[O-])c1. The smallest absolute Gasteiger partial charge is 0.338 e. The Morgan fingerprint density at radius 2 is 1.92 bits per heavy atom. The van der Waals surface area contributed by atoms with E-state index in [1.807, 2.05) is 0 Å². The molecule has 0 aliphatic rings. The van der Waals surface area contributed by atoms with E-state index < -0.39 is 16.8 Å². The molecular formula is C16H13ClN2O5. The molecule has 0 saturated carbocycles. The second-order valence-corrected chi connectivity index (χ2v) is 5.15. The number of halogens is 1.